The third-order valence-electron chi connectivity index (χ3n) is 2.50. The molecule has 1 N–H and O–H groups in total. The minimum absolute atomic E-state index is 0.455. The van der Waals surface area contributed by atoms with Gasteiger partial charge in [-0.2, -0.15) is 0 Å². The highest BCUT2D eigenvalue weighted by atomic mass is 35.5. The largest absolute Gasteiger partial charge is 0.490 e. The van der Waals surface area contributed by atoms with Crippen molar-refractivity contribution in [1.29, 1.82) is 0 Å². The first-order valence-electron chi connectivity index (χ1n) is 5.07. The van der Waals surface area contributed by atoms with Gasteiger partial charge in [0, 0.05) is 11.1 Å². The van der Waals surface area contributed by atoms with E-state index < -0.39 is 0 Å². The summed E-state index contributed by atoms with van der Waals surface area (Å²) < 4.78 is 5.62. The van der Waals surface area contributed by atoms with Crippen molar-refractivity contribution in [3.05, 3.63) is 28.2 Å². The molecule has 0 unspecified atom stereocenters. The normalized spacial score (nSPS) is 20.5. The van der Waals surface area contributed by atoms with Crippen molar-refractivity contribution >= 4 is 23.2 Å². The molecule has 1 aliphatic heterocycles. The summed E-state index contributed by atoms with van der Waals surface area (Å²) in [4.78, 5) is 0. The van der Waals surface area contributed by atoms with Gasteiger partial charge in [-0.1, -0.05) is 23.2 Å². The van der Waals surface area contributed by atoms with Crippen molar-refractivity contribution in [1.82, 2.24) is 5.32 Å². The predicted molar refractivity (Wildman–Crippen MR) is 63.0 cm³/mol. The van der Waals surface area contributed by atoms with Gasteiger partial charge in [-0.25, -0.2) is 0 Å². The Morgan fingerprint density at radius 1 is 1.40 bits per heavy atom. The molecule has 2 nitrogen and oxygen atoms in total. The fraction of sp³-hybridized carbons (Fsp3) is 0.455. The van der Waals surface area contributed by atoms with Gasteiger partial charge in [0.2, 0.25) is 0 Å². The molecule has 4 heteroatoms. The first-order valence-corrected chi connectivity index (χ1v) is 5.82. The van der Waals surface area contributed by atoms with Crippen LogP contribution in [0.5, 0.6) is 5.75 Å². The number of ether oxygens (including phenoxy) is 1. The van der Waals surface area contributed by atoms with Gasteiger partial charge in [0.15, 0.2) is 0 Å². The van der Waals surface area contributed by atoms with E-state index >= 15 is 0 Å². The van der Waals surface area contributed by atoms with Crippen molar-refractivity contribution in [2.75, 3.05) is 13.2 Å². The maximum absolute atomic E-state index is 5.99. The lowest BCUT2D eigenvalue weighted by Gasteiger charge is -2.13. The summed E-state index contributed by atoms with van der Waals surface area (Å²) in [6, 6.07) is 5.74. The number of halogens is 2. The van der Waals surface area contributed by atoms with Crippen LogP contribution < -0.4 is 10.1 Å². The highest BCUT2D eigenvalue weighted by Crippen LogP contribution is 2.27. The SMILES string of the molecule is Clc1ccc(OC[C@H]2CCCN2)c(Cl)c1. The second-order valence-corrected chi connectivity index (χ2v) is 4.52. The van der Waals surface area contributed by atoms with Gasteiger partial charge in [-0.05, 0) is 37.6 Å². The van der Waals surface area contributed by atoms with Gasteiger partial charge in [0.05, 0.1) is 5.02 Å². The topological polar surface area (TPSA) is 21.3 Å². The lowest BCUT2D eigenvalue weighted by Crippen LogP contribution is -2.28. The average molecular weight is 246 g/mol. The van der Waals surface area contributed by atoms with E-state index in [1.54, 1.807) is 18.2 Å². The number of nitrogens with one attached hydrogen (secondary N) is 1. The Kier molecular flexibility index (Phi) is 3.73. The summed E-state index contributed by atoms with van der Waals surface area (Å²) in [5, 5.41) is 4.56. The lowest BCUT2D eigenvalue weighted by atomic mass is 10.2. The van der Waals surface area contributed by atoms with E-state index in [-0.39, 0.29) is 0 Å². The second kappa shape index (κ2) is 5.06. The minimum Gasteiger partial charge on any atom is -0.490 e. The van der Waals surface area contributed by atoms with Crippen molar-refractivity contribution in [3.63, 3.8) is 0 Å². The monoisotopic (exact) mass is 245 g/mol. The van der Waals surface area contributed by atoms with E-state index in [9.17, 15) is 0 Å². The summed E-state index contributed by atoms with van der Waals surface area (Å²) in [5.74, 6) is 0.703. The van der Waals surface area contributed by atoms with Gasteiger partial charge in [0.1, 0.15) is 12.4 Å². The molecule has 1 aromatic rings. The van der Waals surface area contributed by atoms with Crippen molar-refractivity contribution in [2.45, 2.75) is 18.9 Å². The maximum Gasteiger partial charge on any atom is 0.138 e. The fourth-order valence-corrected chi connectivity index (χ4v) is 2.14. The standard InChI is InChI=1S/C11H13Cl2NO/c12-8-3-4-11(10(13)6-8)15-7-9-2-1-5-14-9/h3-4,6,9,14H,1-2,5,7H2/t9-/m1/s1. The van der Waals surface area contributed by atoms with E-state index in [0.717, 1.165) is 6.54 Å². The average Bonchev–Trinajstić information content (AvgIpc) is 2.69. The highest BCUT2D eigenvalue weighted by molar-refractivity contribution is 6.35. The molecule has 1 aromatic carbocycles. The second-order valence-electron chi connectivity index (χ2n) is 3.68. The zero-order chi connectivity index (χ0) is 10.7. The van der Waals surface area contributed by atoms with Crippen LogP contribution in [0.25, 0.3) is 0 Å². The summed E-state index contributed by atoms with van der Waals surface area (Å²) in [6.45, 7) is 1.75. The fourth-order valence-electron chi connectivity index (χ4n) is 1.68. The van der Waals surface area contributed by atoms with Crippen LogP contribution in [0.2, 0.25) is 10.0 Å². The van der Waals surface area contributed by atoms with E-state index in [0.29, 0.717) is 28.4 Å². The Labute approximate surface area is 99.5 Å². The van der Waals surface area contributed by atoms with Crippen LogP contribution in [-0.2, 0) is 0 Å². The van der Waals surface area contributed by atoms with Crippen molar-refractivity contribution < 1.29 is 4.74 Å². The van der Waals surface area contributed by atoms with Crippen LogP contribution in [0.3, 0.4) is 0 Å². The quantitative estimate of drug-likeness (QED) is 0.884. The zero-order valence-corrected chi connectivity index (χ0v) is 9.81. The van der Waals surface area contributed by atoms with Crippen molar-refractivity contribution in [3.8, 4) is 5.75 Å². The summed E-state index contributed by atoms with van der Waals surface area (Å²) in [5.41, 5.74) is 0. The molecule has 0 aromatic heterocycles. The molecule has 0 spiro atoms. The van der Waals surface area contributed by atoms with Gasteiger partial charge in [-0.3, -0.25) is 0 Å². The number of hydrogen-bond acceptors (Lipinski definition) is 2. The lowest BCUT2D eigenvalue weighted by molar-refractivity contribution is 0.277. The van der Waals surface area contributed by atoms with Crippen LogP contribution in [0.15, 0.2) is 18.2 Å². The molecule has 0 amide bonds. The van der Waals surface area contributed by atoms with Crippen LogP contribution in [0.1, 0.15) is 12.8 Å². The van der Waals surface area contributed by atoms with Gasteiger partial charge >= 0.3 is 0 Å². The molecule has 1 saturated heterocycles. The van der Waals surface area contributed by atoms with Gasteiger partial charge in [-0.15, -0.1) is 0 Å². The summed E-state index contributed by atoms with van der Waals surface area (Å²) >= 11 is 11.8. The number of hydrogen-bond donors (Lipinski definition) is 1. The van der Waals surface area contributed by atoms with E-state index in [4.69, 9.17) is 27.9 Å². The van der Waals surface area contributed by atoms with Crippen LogP contribution in [0, 0.1) is 0 Å². The molecule has 15 heavy (non-hydrogen) atoms. The number of rotatable bonds is 3. The zero-order valence-electron chi connectivity index (χ0n) is 8.30. The molecule has 0 saturated carbocycles. The first-order chi connectivity index (χ1) is 7.25. The number of benzene rings is 1. The molecule has 0 bridgehead atoms. The van der Waals surface area contributed by atoms with Crippen LogP contribution >= 0.6 is 23.2 Å². The summed E-state index contributed by atoms with van der Waals surface area (Å²) in [6.07, 6.45) is 2.40. The predicted octanol–water partition coefficient (Wildman–Crippen LogP) is 3.12. The van der Waals surface area contributed by atoms with Crippen LogP contribution in [-0.4, -0.2) is 19.2 Å². The summed E-state index contributed by atoms with van der Waals surface area (Å²) in [7, 11) is 0. The molecule has 1 atom stereocenters. The molecule has 1 fully saturated rings. The van der Waals surface area contributed by atoms with Crippen molar-refractivity contribution in [2.24, 2.45) is 0 Å². The molecule has 1 aliphatic rings. The van der Waals surface area contributed by atoms with E-state index in [1.807, 2.05) is 0 Å². The molecule has 0 radical (unpaired) electrons. The van der Waals surface area contributed by atoms with Gasteiger partial charge < -0.3 is 10.1 Å². The Hall–Kier alpha value is -0.440. The third-order valence-corrected chi connectivity index (χ3v) is 3.03. The molecule has 0 aliphatic carbocycles. The Morgan fingerprint density at radius 2 is 2.27 bits per heavy atom. The molecule has 2 rings (SSSR count). The van der Waals surface area contributed by atoms with Crippen LogP contribution in [0.4, 0.5) is 0 Å². The molecular weight excluding hydrogens is 233 g/mol. The third kappa shape index (κ3) is 3.00. The maximum atomic E-state index is 5.99. The molecule has 1 heterocycles. The van der Waals surface area contributed by atoms with E-state index in [1.165, 1.54) is 12.8 Å². The van der Waals surface area contributed by atoms with Gasteiger partial charge in [0.25, 0.3) is 0 Å². The smallest absolute Gasteiger partial charge is 0.138 e. The highest BCUT2D eigenvalue weighted by Gasteiger charge is 2.14. The minimum atomic E-state index is 0.455. The Balaban J connectivity index is 1.92. The Morgan fingerprint density at radius 3 is 2.93 bits per heavy atom. The molecule has 82 valence electrons. The first kappa shape index (κ1) is 11.1. The Bertz CT molecular complexity index is 337. The molecular formula is C11H13Cl2NO. The van der Waals surface area contributed by atoms with E-state index in [2.05, 4.69) is 5.32 Å².